The van der Waals surface area contributed by atoms with E-state index in [1.54, 1.807) is 17.0 Å². The van der Waals surface area contributed by atoms with E-state index >= 15 is 0 Å². The Balaban J connectivity index is 1.68. The van der Waals surface area contributed by atoms with Gasteiger partial charge in [0, 0.05) is 31.2 Å². The molecular formula is C21H25ClN2O3S. The number of hydrogen-bond donors (Lipinski definition) is 0. The zero-order chi connectivity index (χ0) is 20.5. The molecule has 0 aliphatic carbocycles. The van der Waals surface area contributed by atoms with Crippen molar-refractivity contribution < 1.29 is 13.2 Å². The van der Waals surface area contributed by atoms with Gasteiger partial charge in [0.15, 0.2) is 0 Å². The largest absolute Gasteiger partial charge is 0.340 e. The first-order chi connectivity index (χ1) is 13.2. The fourth-order valence-electron chi connectivity index (χ4n) is 3.77. The number of nitrogens with zero attached hydrogens (tertiary/aromatic N) is 2. The molecule has 1 heterocycles. The predicted octanol–water partition coefficient (Wildman–Crippen LogP) is 3.34. The van der Waals surface area contributed by atoms with E-state index in [0.717, 1.165) is 22.3 Å². The maximum absolute atomic E-state index is 13.1. The molecule has 1 saturated heterocycles. The molecule has 0 spiro atoms. The van der Waals surface area contributed by atoms with Crippen LogP contribution in [0.1, 0.15) is 22.3 Å². The van der Waals surface area contributed by atoms with Gasteiger partial charge in [-0.2, -0.15) is 4.31 Å². The molecule has 5 nitrogen and oxygen atoms in total. The third kappa shape index (κ3) is 4.40. The molecule has 1 aliphatic heterocycles. The zero-order valence-corrected chi connectivity index (χ0v) is 18.0. The van der Waals surface area contributed by atoms with E-state index in [1.165, 1.54) is 4.31 Å². The first-order valence-electron chi connectivity index (χ1n) is 9.28. The van der Waals surface area contributed by atoms with Crippen molar-refractivity contribution in [2.45, 2.75) is 32.1 Å². The molecule has 0 bridgehead atoms. The molecular weight excluding hydrogens is 396 g/mol. The van der Waals surface area contributed by atoms with E-state index in [-0.39, 0.29) is 5.91 Å². The number of piperazine rings is 1. The molecule has 3 rings (SSSR count). The van der Waals surface area contributed by atoms with Crippen molar-refractivity contribution in [3.05, 3.63) is 63.7 Å². The van der Waals surface area contributed by atoms with Gasteiger partial charge in [-0.15, -0.1) is 0 Å². The molecule has 28 heavy (non-hydrogen) atoms. The van der Waals surface area contributed by atoms with Crippen molar-refractivity contribution in [3.63, 3.8) is 0 Å². The molecule has 0 atom stereocenters. The number of halogens is 1. The lowest BCUT2D eigenvalue weighted by Gasteiger charge is -2.34. The number of amides is 1. The summed E-state index contributed by atoms with van der Waals surface area (Å²) in [5.74, 6) is 0.00191. The molecule has 2 aromatic rings. The van der Waals surface area contributed by atoms with E-state index in [2.05, 4.69) is 0 Å². The summed E-state index contributed by atoms with van der Waals surface area (Å²) in [7, 11) is -3.57. The molecule has 1 amide bonds. The van der Waals surface area contributed by atoms with Gasteiger partial charge in [0.2, 0.25) is 15.9 Å². The Bertz CT molecular complexity index is 956. The summed E-state index contributed by atoms with van der Waals surface area (Å²) in [5.41, 5.74) is 3.47. The van der Waals surface area contributed by atoms with Crippen LogP contribution < -0.4 is 0 Å². The third-order valence-electron chi connectivity index (χ3n) is 5.06. The average molecular weight is 421 g/mol. The van der Waals surface area contributed by atoms with E-state index in [0.29, 0.717) is 42.5 Å². The highest BCUT2D eigenvalue weighted by atomic mass is 35.5. The number of carbonyl (C=O) groups is 1. The van der Waals surface area contributed by atoms with E-state index in [4.69, 9.17) is 11.6 Å². The van der Waals surface area contributed by atoms with Crippen LogP contribution in [0, 0.1) is 20.8 Å². The minimum Gasteiger partial charge on any atom is -0.340 e. The van der Waals surface area contributed by atoms with Gasteiger partial charge in [0.1, 0.15) is 0 Å². The lowest BCUT2D eigenvalue weighted by molar-refractivity contribution is -0.131. The fraction of sp³-hybridized carbons (Fsp3) is 0.381. The van der Waals surface area contributed by atoms with Gasteiger partial charge in [-0.3, -0.25) is 4.79 Å². The monoisotopic (exact) mass is 420 g/mol. The summed E-state index contributed by atoms with van der Waals surface area (Å²) in [5, 5.41) is 0.636. The first-order valence-corrected chi connectivity index (χ1v) is 11.1. The van der Waals surface area contributed by atoms with Crippen LogP contribution in [-0.4, -0.2) is 49.7 Å². The molecule has 0 unspecified atom stereocenters. The molecule has 7 heteroatoms. The highest BCUT2D eigenvalue weighted by molar-refractivity contribution is 7.89. The molecule has 0 saturated carbocycles. The Morgan fingerprint density at radius 2 is 1.50 bits per heavy atom. The van der Waals surface area contributed by atoms with Crippen LogP contribution in [0.15, 0.2) is 41.3 Å². The zero-order valence-electron chi connectivity index (χ0n) is 16.4. The lowest BCUT2D eigenvalue weighted by atomic mass is 10.1. The van der Waals surface area contributed by atoms with Crippen LogP contribution >= 0.6 is 11.6 Å². The van der Waals surface area contributed by atoms with Crippen molar-refractivity contribution >= 4 is 27.5 Å². The van der Waals surface area contributed by atoms with Gasteiger partial charge in [-0.25, -0.2) is 8.42 Å². The summed E-state index contributed by atoms with van der Waals surface area (Å²) < 4.78 is 27.8. The van der Waals surface area contributed by atoms with Gasteiger partial charge in [0.05, 0.1) is 11.3 Å². The topological polar surface area (TPSA) is 57.7 Å². The number of rotatable bonds is 4. The second kappa shape index (κ2) is 8.23. The first kappa shape index (κ1) is 20.8. The number of aryl methyl sites for hydroxylation is 3. The minimum atomic E-state index is -3.57. The van der Waals surface area contributed by atoms with Crippen LogP contribution in [-0.2, 0) is 21.2 Å². The molecule has 2 aromatic carbocycles. The third-order valence-corrected chi connectivity index (χ3v) is 7.52. The smallest absolute Gasteiger partial charge is 0.243 e. The van der Waals surface area contributed by atoms with Crippen molar-refractivity contribution in [1.82, 2.24) is 9.21 Å². The van der Waals surface area contributed by atoms with Crippen LogP contribution in [0.5, 0.6) is 0 Å². The lowest BCUT2D eigenvalue weighted by Crippen LogP contribution is -2.51. The van der Waals surface area contributed by atoms with Gasteiger partial charge in [-0.05, 0) is 49.6 Å². The molecule has 150 valence electrons. The number of carbonyl (C=O) groups excluding carboxylic acids is 1. The molecule has 0 radical (unpaired) electrons. The number of sulfonamides is 1. The maximum atomic E-state index is 13.1. The second-order valence-corrected chi connectivity index (χ2v) is 9.63. The number of hydrogen-bond acceptors (Lipinski definition) is 3. The Hall–Kier alpha value is -1.89. The molecule has 1 aliphatic rings. The Labute approximate surface area is 172 Å². The molecule has 0 aromatic heterocycles. The van der Waals surface area contributed by atoms with Crippen LogP contribution in [0.4, 0.5) is 0 Å². The average Bonchev–Trinajstić information content (AvgIpc) is 2.62. The normalized spacial score (nSPS) is 15.6. The van der Waals surface area contributed by atoms with Crippen LogP contribution in [0.2, 0.25) is 5.02 Å². The van der Waals surface area contributed by atoms with Crippen molar-refractivity contribution in [3.8, 4) is 0 Å². The van der Waals surface area contributed by atoms with E-state index in [9.17, 15) is 13.2 Å². The Morgan fingerprint density at radius 3 is 2.04 bits per heavy atom. The van der Waals surface area contributed by atoms with Crippen LogP contribution in [0.3, 0.4) is 0 Å². The summed E-state index contributed by atoms with van der Waals surface area (Å²) in [6, 6.07) is 11.0. The highest BCUT2D eigenvalue weighted by Crippen LogP contribution is 2.26. The summed E-state index contributed by atoms with van der Waals surface area (Å²) in [4.78, 5) is 14.7. The number of benzene rings is 2. The predicted molar refractivity (Wildman–Crippen MR) is 111 cm³/mol. The second-order valence-electron chi connectivity index (χ2n) is 7.32. The van der Waals surface area contributed by atoms with Gasteiger partial charge < -0.3 is 4.90 Å². The summed E-state index contributed by atoms with van der Waals surface area (Å²) >= 11 is 5.88. The van der Waals surface area contributed by atoms with Gasteiger partial charge in [-0.1, -0.05) is 41.4 Å². The van der Waals surface area contributed by atoms with E-state index in [1.807, 2.05) is 45.0 Å². The Kier molecular flexibility index (Phi) is 6.12. The van der Waals surface area contributed by atoms with Crippen LogP contribution in [0.25, 0.3) is 0 Å². The van der Waals surface area contributed by atoms with Crippen molar-refractivity contribution in [2.24, 2.45) is 0 Å². The Morgan fingerprint density at radius 1 is 0.964 bits per heavy atom. The maximum Gasteiger partial charge on any atom is 0.243 e. The van der Waals surface area contributed by atoms with Crippen molar-refractivity contribution in [1.29, 1.82) is 0 Å². The molecule has 1 fully saturated rings. The van der Waals surface area contributed by atoms with Gasteiger partial charge in [0.25, 0.3) is 0 Å². The van der Waals surface area contributed by atoms with Crippen molar-refractivity contribution in [2.75, 3.05) is 26.2 Å². The molecule has 0 N–H and O–H groups in total. The minimum absolute atomic E-state index is 0.00191. The highest BCUT2D eigenvalue weighted by Gasteiger charge is 2.32. The standard InChI is InChI=1S/C21H25ClN2O3S/c1-15-12-16(2)21(17(3)13-15)28(26,27)24-10-8-23(9-11-24)20(25)14-18-4-6-19(22)7-5-18/h4-7,12-13H,8-11,14H2,1-3H3. The van der Waals surface area contributed by atoms with Gasteiger partial charge >= 0.3 is 0 Å². The fourth-order valence-corrected chi connectivity index (χ4v) is 5.73. The summed E-state index contributed by atoms with van der Waals surface area (Å²) in [6.07, 6.45) is 0.292. The summed E-state index contributed by atoms with van der Waals surface area (Å²) in [6.45, 7) is 7.03. The quantitative estimate of drug-likeness (QED) is 0.762. The van der Waals surface area contributed by atoms with E-state index < -0.39 is 10.0 Å². The SMILES string of the molecule is Cc1cc(C)c(S(=O)(=O)N2CCN(C(=O)Cc3ccc(Cl)cc3)CC2)c(C)c1.